The first-order valence-corrected chi connectivity index (χ1v) is 6.58. The van der Waals surface area contributed by atoms with Crippen molar-refractivity contribution in [3.8, 4) is 11.5 Å². The summed E-state index contributed by atoms with van der Waals surface area (Å²) in [5, 5.41) is 22.1. The zero-order valence-electron chi connectivity index (χ0n) is 11.2. The first kappa shape index (κ1) is 14.4. The summed E-state index contributed by atoms with van der Waals surface area (Å²) in [4.78, 5) is 0. The number of aliphatic hydroxyl groups excluding tert-OH is 1. The number of para-hydroxylation sites is 1. The number of nitrogens with one attached hydrogen (secondary N) is 1. The zero-order valence-corrected chi connectivity index (χ0v) is 11.2. The van der Waals surface area contributed by atoms with Gasteiger partial charge in [-0.05, 0) is 29.8 Å². The van der Waals surface area contributed by atoms with Gasteiger partial charge in [-0.3, -0.25) is 0 Å². The zero-order chi connectivity index (χ0) is 14.2. The van der Waals surface area contributed by atoms with Gasteiger partial charge in [0.15, 0.2) is 0 Å². The summed E-state index contributed by atoms with van der Waals surface area (Å²) in [7, 11) is 0. The van der Waals surface area contributed by atoms with E-state index in [-0.39, 0.29) is 12.4 Å². The molecule has 4 nitrogen and oxygen atoms in total. The second kappa shape index (κ2) is 7.53. The monoisotopic (exact) mass is 273 g/mol. The summed E-state index contributed by atoms with van der Waals surface area (Å²) in [5.74, 6) is 1.01. The van der Waals surface area contributed by atoms with Crippen molar-refractivity contribution in [3.05, 3.63) is 60.2 Å². The Morgan fingerprint density at radius 2 is 1.70 bits per heavy atom. The third-order valence-electron chi connectivity index (χ3n) is 2.83. The van der Waals surface area contributed by atoms with Crippen LogP contribution in [0.2, 0.25) is 0 Å². The molecule has 0 amide bonds. The lowest BCUT2D eigenvalue weighted by atomic mass is 10.2. The molecule has 0 fully saturated rings. The van der Waals surface area contributed by atoms with Gasteiger partial charge in [0, 0.05) is 13.1 Å². The Morgan fingerprint density at radius 3 is 2.40 bits per heavy atom. The molecule has 2 aromatic rings. The maximum absolute atomic E-state index is 9.81. The summed E-state index contributed by atoms with van der Waals surface area (Å²) in [5.41, 5.74) is 1.05. The molecule has 0 radical (unpaired) electrons. The molecule has 0 aliphatic carbocycles. The van der Waals surface area contributed by atoms with Crippen molar-refractivity contribution >= 4 is 0 Å². The van der Waals surface area contributed by atoms with E-state index in [0.717, 1.165) is 11.3 Å². The predicted octanol–water partition coefficient (Wildman–Crippen LogP) is 1.92. The van der Waals surface area contributed by atoms with Crippen molar-refractivity contribution in [1.82, 2.24) is 5.32 Å². The van der Waals surface area contributed by atoms with E-state index in [1.807, 2.05) is 42.5 Å². The second-order valence-electron chi connectivity index (χ2n) is 4.58. The Kier molecular flexibility index (Phi) is 5.41. The lowest BCUT2D eigenvalue weighted by Gasteiger charge is -2.13. The molecule has 4 heteroatoms. The summed E-state index contributed by atoms with van der Waals surface area (Å²) in [6, 6.07) is 16.4. The maximum atomic E-state index is 9.81. The van der Waals surface area contributed by atoms with Crippen molar-refractivity contribution in [3.63, 3.8) is 0 Å². The quantitative estimate of drug-likeness (QED) is 0.721. The largest absolute Gasteiger partial charge is 0.508 e. The molecule has 0 aliphatic rings. The van der Waals surface area contributed by atoms with Gasteiger partial charge in [-0.2, -0.15) is 0 Å². The minimum atomic E-state index is -0.563. The van der Waals surface area contributed by atoms with Gasteiger partial charge in [-0.15, -0.1) is 0 Å². The number of aliphatic hydroxyl groups is 1. The molecule has 1 unspecified atom stereocenters. The highest BCUT2D eigenvalue weighted by atomic mass is 16.5. The molecule has 0 saturated carbocycles. The van der Waals surface area contributed by atoms with Crippen LogP contribution in [0.3, 0.4) is 0 Å². The van der Waals surface area contributed by atoms with E-state index in [1.165, 1.54) is 0 Å². The number of phenols is 1. The van der Waals surface area contributed by atoms with Crippen LogP contribution in [0.1, 0.15) is 5.56 Å². The molecule has 1 atom stereocenters. The number of rotatable bonds is 7. The molecular weight excluding hydrogens is 254 g/mol. The van der Waals surface area contributed by atoms with Crippen molar-refractivity contribution in [1.29, 1.82) is 0 Å². The van der Waals surface area contributed by atoms with Gasteiger partial charge in [0.1, 0.15) is 24.2 Å². The summed E-state index contributed by atoms with van der Waals surface area (Å²) < 4.78 is 5.46. The topological polar surface area (TPSA) is 61.7 Å². The third-order valence-corrected chi connectivity index (χ3v) is 2.83. The van der Waals surface area contributed by atoms with E-state index >= 15 is 0 Å². The number of hydrogen-bond donors (Lipinski definition) is 3. The lowest BCUT2D eigenvalue weighted by molar-refractivity contribution is 0.106. The minimum absolute atomic E-state index is 0.255. The molecule has 2 aromatic carbocycles. The van der Waals surface area contributed by atoms with Gasteiger partial charge in [-0.1, -0.05) is 30.3 Å². The molecule has 0 heterocycles. The van der Waals surface area contributed by atoms with Crippen LogP contribution in [-0.4, -0.2) is 29.5 Å². The van der Waals surface area contributed by atoms with Crippen LogP contribution < -0.4 is 10.1 Å². The Bertz CT molecular complexity index is 499. The van der Waals surface area contributed by atoms with Crippen molar-refractivity contribution in [2.75, 3.05) is 13.2 Å². The van der Waals surface area contributed by atoms with E-state index in [1.54, 1.807) is 12.1 Å². The SMILES string of the molecule is Oc1ccc(CNCC(O)COc2ccccc2)cc1. The van der Waals surface area contributed by atoms with Crippen molar-refractivity contribution < 1.29 is 14.9 Å². The van der Waals surface area contributed by atoms with Gasteiger partial charge in [0.2, 0.25) is 0 Å². The van der Waals surface area contributed by atoms with E-state index in [0.29, 0.717) is 13.1 Å². The Labute approximate surface area is 118 Å². The molecule has 3 N–H and O–H groups in total. The number of aromatic hydroxyl groups is 1. The number of benzene rings is 2. The summed E-state index contributed by atoms with van der Waals surface area (Å²) >= 11 is 0. The Morgan fingerprint density at radius 1 is 1.00 bits per heavy atom. The number of hydrogen-bond acceptors (Lipinski definition) is 4. The predicted molar refractivity (Wildman–Crippen MR) is 77.8 cm³/mol. The van der Waals surface area contributed by atoms with Crippen LogP contribution in [0, 0.1) is 0 Å². The van der Waals surface area contributed by atoms with Crippen LogP contribution in [0.25, 0.3) is 0 Å². The molecule has 106 valence electrons. The van der Waals surface area contributed by atoms with E-state index in [9.17, 15) is 10.2 Å². The molecule has 2 rings (SSSR count). The molecule has 0 aliphatic heterocycles. The highest BCUT2D eigenvalue weighted by molar-refractivity contribution is 5.25. The molecule has 0 spiro atoms. The average molecular weight is 273 g/mol. The molecule has 0 aromatic heterocycles. The Hall–Kier alpha value is -2.04. The first-order valence-electron chi connectivity index (χ1n) is 6.58. The number of phenolic OH excluding ortho intramolecular Hbond substituents is 1. The molecule has 0 bridgehead atoms. The van der Waals surface area contributed by atoms with Gasteiger partial charge in [-0.25, -0.2) is 0 Å². The van der Waals surface area contributed by atoms with E-state index < -0.39 is 6.10 Å². The molecule has 0 saturated heterocycles. The standard InChI is InChI=1S/C16H19NO3/c18-14-8-6-13(7-9-14)10-17-11-15(19)12-20-16-4-2-1-3-5-16/h1-9,15,17-19H,10-12H2. The normalized spacial score (nSPS) is 12.1. The van der Waals surface area contributed by atoms with Gasteiger partial charge in [0.05, 0.1) is 0 Å². The minimum Gasteiger partial charge on any atom is -0.508 e. The van der Waals surface area contributed by atoms with Crippen molar-refractivity contribution in [2.45, 2.75) is 12.6 Å². The Balaban J connectivity index is 1.65. The fraction of sp³-hybridized carbons (Fsp3) is 0.250. The van der Waals surface area contributed by atoms with Crippen molar-refractivity contribution in [2.24, 2.45) is 0 Å². The summed E-state index contributed by atoms with van der Waals surface area (Å²) in [6.45, 7) is 1.35. The fourth-order valence-electron chi connectivity index (χ4n) is 1.76. The fourth-order valence-corrected chi connectivity index (χ4v) is 1.76. The van der Waals surface area contributed by atoms with Crippen LogP contribution in [-0.2, 0) is 6.54 Å². The lowest BCUT2D eigenvalue weighted by Crippen LogP contribution is -2.31. The second-order valence-corrected chi connectivity index (χ2v) is 4.58. The average Bonchev–Trinajstić information content (AvgIpc) is 2.48. The van der Waals surface area contributed by atoms with Crippen LogP contribution >= 0.6 is 0 Å². The third kappa shape index (κ3) is 4.91. The molecule has 20 heavy (non-hydrogen) atoms. The highest BCUT2D eigenvalue weighted by Gasteiger charge is 2.04. The van der Waals surface area contributed by atoms with Gasteiger partial charge >= 0.3 is 0 Å². The molecular formula is C16H19NO3. The highest BCUT2D eigenvalue weighted by Crippen LogP contribution is 2.10. The van der Waals surface area contributed by atoms with Crippen LogP contribution in [0.5, 0.6) is 11.5 Å². The van der Waals surface area contributed by atoms with E-state index in [4.69, 9.17) is 4.74 Å². The summed E-state index contributed by atoms with van der Waals surface area (Å²) in [6.07, 6.45) is -0.563. The van der Waals surface area contributed by atoms with E-state index in [2.05, 4.69) is 5.32 Å². The maximum Gasteiger partial charge on any atom is 0.119 e. The smallest absolute Gasteiger partial charge is 0.119 e. The van der Waals surface area contributed by atoms with Crippen LogP contribution in [0.4, 0.5) is 0 Å². The van der Waals surface area contributed by atoms with Gasteiger partial charge in [0.25, 0.3) is 0 Å². The first-order chi connectivity index (χ1) is 9.74. The number of ether oxygens (including phenoxy) is 1. The van der Waals surface area contributed by atoms with Crippen LogP contribution in [0.15, 0.2) is 54.6 Å². The van der Waals surface area contributed by atoms with Gasteiger partial charge < -0.3 is 20.3 Å².